The topological polar surface area (TPSA) is 39.4 Å². The lowest BCUT2D eigenvalue weighted by Gasteiger charge is -2.20. The van der Waals surface area contributed by atoms with Crippen molar-refractivity contribution in [2.24, 2.45) is 0 Å². The minimum atomic E-state index is -3.32. The van der Waals surface area contributed by atoms with Crippen molar-refractivity contribution in [2.45, 2.75) is 39.0 Å². The van der Waals surface area contributed by atoms with Crippen molar-refractivity contribution in [1.29, 1.82) is 0 Å². The highest BCUT2D eigenvalue weighted by Crippen LogP contribution is 2.31. The summed E-state index contributed by atoms with van der Waals surface area (Å²) in [7, 11) is 0. The van der Waals surface area contributed by atoms with Crippen molar-refractivity contribution in [3.63, 3.8) is 0 Å². The molecule has 0 spiro atoms. The number of fused-ring (bicyclic) bond motifs is 1. The van der Waals surface area contributed by atoms with Gasteiger partial charge in [0.15, 0.2) is 5.43 Å². The number of benzene rings is 1. The molecule has 21 heavy (non-hydrogen) atoms. The second kappa shape index (κ2) is 5.42. The van der Waals surface area contributed by atoms with Crippen LogP contribution in [0.5, 0.6) is 5.95 Å². The van der Waals surface area contributed by atoms with Gasteiger partial charge in [0, 0.05) is 5.56 Å². The predicted octanol–water partition coefficient (Wildman–Crippen LogP) is 4.03. The average molecular weight is 300 g/mol. The van der Waals surface area contributed by atoms with E-state index in [1.54, 1.807) is 18.2 Å². The third-order valence-corrected chi connectivity index (χ3v) is 2.97. The largest absolute Gasteiger partial charge is 0.425 e. The first-order valence-electron chi connectivity index (χ1n) is 6.36. The molecule has 1 atom stereocenters. The zero-order valence-electron chi connectivity index (χ0n) is 11.8. The van der Waals surface area contributed by atoms with Crippen LogP contribution in [-0.4, -0.2) is 12.8 Å². The van der Waals surface area contributed by atoms with E-state index in [1.807, 2.05) is 20.8 Å². The van der Waals surface area contributed by atoms with Crippen molar-refractivity contribution in [3.05, 3.63) is 40.1 Å². The van der Waals surface area contributed by atoms with Crippen LogP contribution in [0.2, 0.25) is 0 Å². The Morgan fingerprint density at radius 1 is 1.19 bits per heavy atom. The summed E-state index contributed by atoms with van der Waals surface area (Å²) in [4.78, 5) is 12.0. The van der Waals surface area contributed by atoms with Crippen LogP contribution in [-0.2, 0) is 5.41 Å². The maximum absolute atomic E-state index is 12.9. The Bertz CT molecular complexity index is 701. The van der Waals surface area contributed by atoms with E-state index in [-0.39, 0.29) is 11.0 Å². The molecule has 0 amide bonds. The van der Waals surface area contributed by atoms with E-state index in [2.05, 4.69) is 4.74 Å². The molecule has 2 aromatic rings. The standard InChI is InChI=1S/C15H15F3O3/c1-15(2,3)9-6-4-5-8-10(19)7-11(20-12(8)9)21-14(18)13(16)17/h4-7,13-14H,1-3H3. The lowest BCUT2D eigenvalue weighted by atomic mass is 9.86. The first-order valence-corrected chi connectivity index (χ1v) is 6.36. The van der Waals surface area contributed by atoms with Crippen LogP contribution in [0.4, 0.5) is 13.2 Å². The zero-order chi connectivity index (χ0) is 15.8. The van der Waals surface area contributed by atoms with Crippen molar-refractivity contribution >= 4 is 11.0 Å². The van der Waals surface area contributed by atoms with E-state index >= 15 is 0 Å². The van der Waals surface area contributed by atoms with Crippen LogP contribution in [0.15, 0.2) is 33.5 Å². The molecular weight excluding hydrogens is 285 g/mol. The summed E-state index contributed by atoms with van der Waals surface area (Å²) in [5.74, 6) is -0.558. The lowest BCUT2D eigenvalue weighted by molar-refractivity contribution is -0.0767. The summed E-state index contributed by atoms with van der Waals surface area (Å²) in [6.07, 6.45) is -6.16. The van der Waals surface area contributed by atoms with Crippen LogP contribution >= 0.6 is 0 Å². The molecule has 1 unspecified atom stereocenters. The van der Waals surface area contributed by atoms with Crippen molar-refractivity contribution < 1.29 is 22.3 Å². The number of ether oxygens (including phenoxy) is 1. The molecule has 0 saturated heterocycles. The van der Waals surface area contributed by atoms with Crippen LogP contribution in [0.1, 0.15) is 26.3 Å². The highest BCUT2D eigenvalue weighted by atomic mass is 19.3. The summed E-state index contributed by atoms with van der Waals surface area (Å²) in [5, 5.41) is 0.294. The number of halogens is 3. The Morgan fingerprint density at radius 3 is 2.43 bits per heavy atom. The summed E-state index contributed by atoms with van der Waals surface area (Å²) < 4.78 is 47.0. The molecule has 0 bridgehead atoms. The van der Waals surface area contributed by atoms with E-state index in [1.165, 1.54) is 0 Å². The summed E-state index contributed by atoms with van der Waals surface area (Å²) in [6, 6.07) is 5.89. The Hall–Kier alpha value is -1.98. The molecule has 1 aromatic heterocycles. The van der Waals surface area contributed by atoms with Crippen LogP contribution in [0, 0.1) is 0 Å². The first-order chi connectivity index (χ1) is 9.70. The Balaban J connectivity index is 2.60. The van der Waals surface area contributed by atoms with Gasteiger partial charge in [-0.25, -0.2) is 8.78 Å². The van der Waals surface area contributed by atoms with E-state index in [0.717, 1.165) is 6.07 Å². The predicted molar refractivity (Wildman–Crippen MR) is 72.7 cm³/mol. The maximum atomic E-state index is 12.9. The second-order valence-electron chi connectivity index (χ2n) is 5.67. The summed E-state index contributed by atoms with van der Waals surface area (Å²) in [5.41, 5.74) is 0.106. The van der Waals surface area contributed by atoms with Gasteiger partial charge in [-0.3, -0.25) is 4.79 Å². The molecule has 0 saturated carbocycles. The fourth-order valence-corrected chi connectivity index (χ4v) is 1.97. The van der Waals surface area contributed by atoms with Gasteiger partial charge in [0.2, 0.25) is 0 Å². The van der Waals surface area contributed by atoms with Gasteiger partial charge in [-0.2, -0.15) is 4.39 Å². The highest BCUT2D eigenvalue weighted by Gasteiger charge is 2.24. The number of alkyl halides is 3. The molecular formula is C15H15F3O3. The summed E-state index contributed by atoms with van der Waals surface area (Å²) in [6.45, 7) is 5.73. The Labute approximate surface area is 119 Å². The molecule has 1 heterocycles. The van der Waals surface area contributed by atoms with E-state index < -0.39 is 24.2 Å². The number of hydrogen-bond donors (Lipinski definition) is 0. The number of rotatable bonds is 3. The Kier molecular flexibility index (Phi) is 3.98. The molecule has 0 radical (unpaired) electrons. The molecule has 0 aliphatic heterocycles. The number of para-hydroxylation sites is 1. The van der Waals surface area contributed by atoms with E-state index in [0.29, 0.717) is 10.9 Å². The van der Waals surface area contributed by atoms with Crippen LogP contribution in [0.3, 0.4) is 0 Å². The first kappa shape index (κ1) is 15.4. The molecule has 0 aliphatic rings. The molecule has 0 N–H and O–H groups in total. The van der Waals surface area contributed by atoms with Crippen LogP contribution < -0.4 is 10.2 Å². The fourth-order valence-electron chi connectivity index (χ4n) is 1.97. The maximum Gasteiger partial charge on any atom is 0.304 e. The smallest absolute Gasteiger partial charge is 0.304 e. The molecule has 0 fully saturated rings. The van der Waals surface area contributed by atoms with Crippen LogP contribution in [0.25, 0.3) is 11.0 Å². The minimum Gasteiger partial charge on any atom is -0.425 e. The van der Waals surface area contributed by atoms with Gasteiger partial charge in [-0.05, 0) is 11.5 Å². The molecule has 2 rings (SSSR count). The second-order valence-corrected chi connectivity index (χ2v) is 5.67. The summed E-state index contributed by atoms with van der Waals surface area (Å²) >= 11 is 0. The van der Waals surface area contributed by atoms with E-state index in [9.17, 15) is 18.0 Å². The molecule has 0 aliphatic carbocycles. The molecule has 1 aromatic carbocycles. The monoisotopic (exact) mass is 300 g/mol. The van der Waals surface area contributed by atoms with Gasteiger partial charge in [-0.15, -0.1) is 0 Å². The van der Waals surface area contributed by atoms with Crippen molar-refractivity contribution in [2.75, 3.05) is 0 Å². The van der Waals surface area contributed by atoms with E-state index in [4.69, 9.17) is 4.42 Å². The highest BCUT2D eigenvalue weighted by molar-refractivity contribution is 5.81. The third kappa shape index (κ3) is 3.20. The minimum absolute atomic E-state index is 0.217. The SMILES string of the molecule is CC(C)(C)c1cccc2c(=O)cc(OC(F)C(F)F)oc12. The molecule has 6 heteroatoms. The lowest BCUT2D eigenvalue weighted by Crippen LogP contribution is -2.20. The number of hydrogen-bond acceptors (Lipinski definition) is 3. The Morgan fingerprint density at radius 2 is 1.86 bits per heavy atom. The van der Waals surface area contributed by atoms with Gasteiger partial charge in [-0.1, -0.05) is 32.9 Å². The quantitative estimate of drug-likeness (QED) is 0.859. The van der Waals surface area contributed by atoms with Crippen molar-refractivity contribution in [1.82, 2.24) is 0 Å². The normalized spacial score (nSPS) is 13.7. The van der Waals surface area contributed by atoms with Crippen molar-refractivity contribution in [3.8, 4) is 5.95 Å². The molecule has 3 nitrogen and oxygen atoms in total. The van der Waals surface area contributed by atoms with Gasteiger partial charge in [0.25, 0.3) is 5.95 Å². The fraction of sp³-hybridized carbons (Fsp3) is 0.400. The van der Waals surface area contributed by atoms with Gasteiger partial charge < -0.3 is 9.15 Å². The molecule has 114 valence electrons. The van der Waals surface area contributed by atoms with Gasteiger partial charge >= 0.3 is 12.8 Å². The zero-order valence-corrected chi connectivity index (χ0v) is 11.8. The third-order valence-electron chi connectivity index (χ3n) is 2.97. The van der Waals surface area contributed by atoms with Gasteiger partial charge in [0.1, 0.15) is 5.58 Å². The van der Waals surface area contributed by atoms with Gasteiger partial charge in [0.05, 0.1) is 11.5 Å². The average Bonchev–Trinajstić information content (AvgIpc) is 2.36.